The third-order valence-electron chi connectivity index (χ3n) is 10.2. The smallest absolute Gasteiger partial charge is 0.254 e. The predicted octanol–water partition coefficient (Wildman–Crippen LogP) is 5.44. The van der Waals surface area contributed by atoms with Gasteiger partial charge in [-0.2, -0.15) is 0 Å². The first-order valence-corrected chi connectivity index (χ1v) is 15.4. The van der Waals surface area contributed by atoms with E-state index in [9.17, 15) is 4.79 Å². The molecule has 1 saturated carbocycles. The van der Waals surface area contributed by atoms with E-state index in [1.807, 2.05) is 0 Å². The quantitative estimate of drug-likeness (QED) is 0.288. The summed E-state index contributed by atoms with van der Waals surface area (Å²) in [5.74, 6) is 1.02. The monoisotopic (exact) mass is 552 g/mol. The number of aromatic nitrogens is 2. The Morgan fingerprint density at radius 3 is 2.39 bits per heavy atom. The molecule has 3 heterocycles. The zero-order chi connectivity index (χ0) is 28.4. The van der Waals surface area contributed by atoms with Crippen LogP contribution in [-0.4, -0.2) is 58.3 Å². The van der Waals surface area contributed by atoms with Gasteiger partial charge in [0.15, 0.2) is 0 Å². The number of benzene rings is 2. The number of hydrogen-bond donors (Lipinski definition) is 2. The number of hydrogen-bond acceptors (Lipinski definition) is 5. The minimum Gasteiger partial charge on any atom is -0.404 e. The third kappa shape index (κ3) is 5.44. The predicted molar refractivity (Wildman–Crippen MR) is 166 cm³/mol. The van der Waals surface area contributed by atoms with Crippen LogP contribution in [0.15, 0.2) is 71.4 Å². The number of aliphatic imine (C=N–C) groups is 1. The summed E-state index contributed by atoms with van der Waals surface area (Å²) in [5.41, 5.74) is 10.1. The van der Waals surface area contributed by atoms with E-state index in [2.05, 4.69) is 81.3 Å². The van der Waals surface area contributed by atoms with Gasteiger partial charge in [0.25, 0.3) is 5.91 Å². The number of rotatable bonds is 8. The fourth-order valence-electron chi connectivity index (χ4n) is 8.16. The van der Waals surface area contributed by atoms with Crippen molar-refractivity contribution >= 4 is 23.2 Å². The zero-order valence-corrected chi connectivity index (χ0v) is 24.5. The Labute approximate surface area is 243 Å². The summed E-state index contributed by atoms with van der Waals surface area (Å²) in [6, 6.07) is 21.7. The van der Waals surface area contributed by atoms with Gasteiger partial charge in [0.05, 0.1) is 16.6 Å². The molecule has 1 aromatic heterocycles. The van der Waals surface area contributed by atoms with Gasteiger partial charge in [-0.1, -0.05) is 42.5 Å². The maximum atomic E-state index is 12.7. The summed E-state index contributed by atoms with van der Waals surface area (Å²) in [7, 11) is 1.65. The van der Waals surface area contributed by atoms with Gasteiger partial charge < -0.3 is 15.6 Å². The summed E-state index contributed by atoms with van der Waals surface area (Å²) < 4.78 is 2.52. The molecule has 2 unspecified atom stereocenters. The fraction of sp³-hybridized carbons (Fsp3) is 0.500. The van der Waals surface area contributed by atoms with Crippen LogP contribution in [0.3, 0.4) is 0 Å². The van der Waals surface area contributed by atoms with E-state index < -0.39 is 0 Å². The van der Waals surface area contributed by atoms with Crippen LogP contribution in [0.25, 0.3) is 11.0 Å². The van der Waals surface area contributed by atoms with Gasteiger partial charge in [0, 0.05) is 43.6 Å². The van der Waals surface area contributed by atoms with Crippen molar-refractivity contribution in [3.63, 3.8) is 0 Å². The molecule has 3 fully saturated rings. The van der Waals surface area contributed by atoms with Gasteiger partial charge in [-0.15, -0.1) is 0 Å². The molecule has 0 radical (unpaired) electrons. The minimum atomic E-state index is -0.129. The fourth-order valence-corrected chi connectivity index (χ4v) is 8.16. The zero-order valence-electron chi connectivity index (χ0n) is 24.5. The number of fused-ring (bicyclic) bond motifs is 3. The number of aryl methyl sites for hydroxylation is 1. The summed E-state index contributed by atoms with van der Waals surface area (Å²) in [5, 5.41) is 3.21. The Morgan fingerprint density at radius 1 is 1.02 bits per heavy atom. The molecule has 216 valence electrons. The number of nitrogens with one attached hydrogen (secondary N) is 1. The van der Waals surface area contributed by atoms with Gasteiger partial charge in [0.2, 0.25) is 0 Å². The highest BCUT2D eigenvalue weighted by atomic mass is 16.1. The van der Waals surface area contributed by atoms with Crippen molar-refractivity contribution in [3.8, 4) is 0 Å². The average Bonchev–Trinajstić information content (AvgIpc) is 3.46. The van der Waals surface area contributed by atoms with Crippen LogP contribution < -0.4 is 11.1 Å². The highest BCUT2D eigenvalue weighted by molar-refractivity contribution is 6.12. The molecule has 41 heavy (non-hydrogen) atoms. The molecule has 0 spiro atoms. The molecule has 1 aliphatic carbocycles. The van der Waals surface area contributed by atoms with Gasteiger partial charge >= 0.3 is 0 Å². The highest BCUT2D eigenvalue weighted by Crippen LogP contribution is 2.46. The van der Waals surface area contributed by atoms with E-state index in [1.165, 1.54) is 55.6 Å². The van der Waals surface area contributed by atoms with Crippen molar-refractivity contribution in [3.05, 3.63) is 77.8 Å². The maximum Gasteiger partial charge on any atom is 0.254 e. The normalized spacial score (nSPS) is 28.9. The molecule has 7 nitrogen and oxygen atoms in total. The second kappa shape index (κ2) is 11.8. The molecule has 2 atom stereocenters. The standard InChI is InChI=1S/C34H44N6O/c1-24-37-31-10-6-7-11-32(31)40(24)30-20-28-12-13-29(21-30)39(28)19-18-34(26-8-4-3-5-9-26)16-14-27(15-17-34)38-33(41)25(22-35)23-36-2/h3-11,22-23,27-30H,12-21,35H2,1-2H3,(H,38,41)/b25-22+,36-23-. The lowest BCUT2D eigenvalue weighted by atomic mass is 9.66. The molecule has 2 aliphatic heterocycles. The van der Waals surface area contributed by atoms with E-state index >= 15 is 0 Å². The van der Waals surface area contributed by atoms with Crippen molar-refractivity contribution in [1.82, 2.24) is 19.8 Å². The Bertz CT molecular complexity index is 1400. The number of amides is 1. The molecule has 2 bridgehead atoms. The van der Waals surface area contributed by atoms with Crippen LogP contribution in [0.4, 0.5) is 0 Å². The molecule has 6 rings (SSSR count). The van der Waals surface area contributed by atoms with Crippen molar-refractivity contribution < 1.29 is 4.79 Å². The molecule has 2 aromatic carbocycles. The summed E-state index contributed by atoms with van der Waals surface area (Å²) in [6.07, 6.45) is 13.2. The minimum absolute atomic E-state index is 0.129. The van der Waals surface area contributed by atoms with E-state index in [-0.39, 0.29) is 17.4 Å². The van der Waals surface area contributed by atoms with Gasteiger partial charge in [0.1, 0.15) is 5.82 Å². The topological polar surface area (TPSA) is 88.5 Å². The van der Waals surface area contributed by atoms with Crippen LogP contribution in [0, 0.1) is 6.92 Å². The summed E-state index contributed by atoms with van der Waals surface area (Å²) in [4.78, 5) is 24.4. The van der Waals surface area contributed by atoms with E-state index in [1.54, 1.807) is 7.05 Å². The Hall–Kier alpha value is -3.45. The molecular formula is C34H44N6O. The molecule has 2 saturated heterocycles. The SMILES string of the molecule is C/N=C\C(=C/N)C(=O)NC1CCC(CCN2C3CCC2CC(n2c(C)nc4ccccc42)C3)(c2ccccc2)CC1. The van der Waals surface area contributed by atoms with E-state index in [0.29, 0.717) is 23.7 Å². The first-order chi connectivity index (χ1) is 20.0. The molecule has 3 N–H and O–H groups in total. The maximum absolute atomic E-state index is 12.7. The Morgan fingerprint density at radius 2 is 1.71 bits per heavy atom. The van der Waals surface area contributed by atoms with Crippen molar-refractivity contribution in [2.45, 2.75) is 94.3 Å². The van der Waals surface area contributed by atoms with Crippen molar-refractivity contribution in [2.24, 2.45) is 10.7 Å². The lowest BCUT2D eigenvalue weighted by Gasteiger charge is -2.45. The Balaban J connectivity index is 1.14. The Kier molecular flexibility index (Phi) is 7.98. The third-order valence-corrected chi connectivity index (χ3v) is 10.2. The molecule has 3 aliphatic rings. The van der Waals surface area contributed by atoms with Gasteiger partial charge in [-0.3, -0.25) is 14.7 Å². The molecular weight excluding hydrogens is 508 g/mol. The van der Waals surface area contributed by atoms with Crippen molar-refractivity contribution in [1.29, 1.82) is 0 Å². The number of nitrogens with zero attached hydrogens (tertiary/aromatic N) is 4. The average molecular weight is 553 g/mol. The number of para-hydroxylation sites is 2. The van der Waals surface area contributed by atoms with Crippen LogP contribution in [0.5, 0.6) is 0 Å². The van der Waals surface area contributed by atoms with Crippen molar-refractivity contribution in [2.75, 3.05) is 13.6 Å². The second-order valence-corrected chi connectivity index (χ2v) is 12.4. The first-order valence-electron chi connectivity index (χ1n) is 15.4. The first kappa shape index (κ1) is 27.7. The van der Waals surface area contributed by atoms with E-state index in [0.717, 1.165) is 43.6 Å². The van der Waals surface area contributed by atoms with Crippen LogP contribution in [0.2, 0.25) is 0 Å². The molecule has 3 aromatic rings. The van der Waals surface area contributed by atoms with Crippen LogP contribution in [-0.2, 0) is 10.2 Å². The number of carbonyl (C=O) groups excluding carboxylic acids is 1. The van der Waals surface area contributed by atoms with E-state index in [4.69, 9.17) is 10.7 Å². The summed E-state index contributed by atoms with van der Waals surface area (Å²) in [6.45, 7) is 3.31. The number of piperidine rings is 1. The number of nitrogens with two attached hydrogens (primary N) is 1. The van der Waals surface area contributed by atoms with Crippen LogP contribution >= 0.6 is 0 Å². The largest absolute Gasteiger partial charge is 0.404 e. The van der Waals surface area contributed by atoms with Crippen LogP contribution in [0.1, 0.15) is 75.2 Å². The molecule has 1 amide bonds. The van der Waals surface area contributed by atoms with Gasteiger partial charge in [-0.05, 0) is 94.4 Å². The summed E-state index contributed by atoms with van der Waals surface area (Å²) >= 11 is 0. The molecule has 7 heteroatoms. The highest BCUT2D eigenvalue weighted by Gasteiger charge is 2.44. The number of carbonyl (C=O) groups is 1. The lowest BCUT2D eigenvalue weighted by Crippen LogP contribution is -2.47. The lowest BCUT2D eigenvalue weighted by molar-refractivity contribution is -0.118. The second-order valence-electron chi connectivity index (χ2n) is 12.4. The van der Waals surface area contributed by atoms with Gasteiger partial charge in [-0.25, -0.2) is 4.98 Å². The number of imidazole rings is 1.